The molecule has 1 rings (SSSR count). The molecule has 1 saturated carbocycles. The number of nitrogens with one attached hydrogen (secondary N) is 1. The monoisotopic (exact) mass is 307 g/mol. The lowest BCUT2D eigenvalue weighted by Gasteiger charge is -2.27. The van der Waals surface area contributed by atoms with Gasteiger partial charge in [0.05, 0.1) is 6.61 Å². The molecule has 8 heteroatoms. The summed E-state index contributed by atoms with van der Waals surface area (Å²) < 4.78 is 77.0. The zero-order chi connectivity index (χ0) is 15.4. The molecule has 0 aromatic carbocycles. The van der Waals surface area contributed by atoms with E-state index in [9.17, 15) is 26.3 Å². The third-order valence-corrected chi connectivity index (χ3v) is 3.43. The van der Waals surface area contributed by atoms with Crippen LogP contribution in [0.4, 0.5) is 26.3 Å². The van der Waals surface area contributed by atoms with E-state index in [-0.39, 0.29) is 12.6 Å². The van der Waals surface area contributed by atoms with Gasteiger partial charge in [-0.05, 0) is 31.6 Å². The lowest BCUT2D eigenvalue weighted by Crippen LogP contribution is -2.45. The van der Waals surface area contributed by atoms with Crippen molar-refractivity contribution < 1.29 is 31.1 Å². The van der Waals surface area contributed by atoms with Crippen LogP contribution in [0, 0.1) is 5.92 Å². The van der Waals surface area contributed by atoms with Gasteiger partial charge in [0.2, 0.25) is 6.10 Å². The van der Waals surface area contributed by atoms with Crippen molar-refractivity contribution in [2.45, 2.75) is 57.1 Å². The van der Waals surface area contributed by atoms with Crippen molar-refractivity contribution in [3.05, 3.63) is 0 Å². The van der Waals surface area contributed by atoms with Gasteiger partial charge in [-0.1, -0.05) is 6.92 Å². The maximum absolute atomic E-state index is 12.2. The highest BCUT2D eigenvalue weighted by atomic mass is 19.4. The molecule has 0 amide bonds. The van der Waals surface area contributed by atoms with Crippen molar-refractivity contribution >= 4 is 0 Å². The molecular formula is C12H19F6NO. The van der Waals surface area contributed by atoms with Crippen molar-refractivity contribution in [2.24, 2.45) is 5.92 Å². The first-order valence-electron chi connectivity index (χ1n) is 6.59. The fraction of sp³-hybridized carbons (Fsp3) is 1.00. The zero-order valence-corrected chi connectivity index (χ0v) is 11.2. The Bertz CT molecular complexity index is 269. The summed E-state index contributed by atoms with van der Waals surface area (Å²) in [7, 11) is 0. The highest BCUT2D eigenvalue weighted by molar-refractivity contribution is 4.77. The molecule has 0 aromatic rings. The summed E-state index contributed by atoms with van der Waals surface area (Å²) in [5.41, 5.74) is 0. The molecule has 0 radical (unpaired) electrons. The predicted octanol–water partition coefficient (Wildman–Crippen LogP) is 3.66. The van der Waals surface area contributed by atoms with E-state index < -0.39 is 25.1 Å². The van der Waals surface area contributed by atoms with Crippen molar-refractivity contribution in [1.82, 2.24) is 5.32 Å². The van der Waals surface area contributed by atoms with Gasteiger partial charge in [0.1, 0.15) is 0 Å². The molecule has 1 aliphatic carbocycles. The second-order valence-electron chi connectivity index (χ2n) is 5.24. The lowest BCUT2D eigenvalue weighted by atomic mass is 9.87. The average Bonchev–Trinajstić information content (AvgIpc) is 2.27. The van der Waals surface area contributed by atoms with Crippen molar-refractivity contribution in [2.75, 3.05) is 13.2 Å². The minimum atomic E-state index is -5.43. The molecule has 0 aliphatic heterocycles. The van der Waals surface area contributed by atoms with Crippen LogP contribution >= 0.6 is 0 Å². The molecule has 0 saturated heterocycles. The predicted molar refractivity (Wildman–Crippen MR) is 61.3 cm³/mol. The van der Waals surface area contributed by atoms with Crippen LogP contribution in [0.5, 0.6) is 0 Å². The first-order chi connectivity index (χ1) is 9.10. The zero-order valence-electron chi connectivity index (χ0n) is 11.2. The Morgan fingerprint density at radius 2 is 1.50 bits per heavy atom. The minimum Gasteiger partial charge on any atom is -0.360 e. The molecule has 0 heterocycles. The van der Waals surface area contributed by atoms with E-state index in [2.05, 4.69) is 17.0 Å². The number of alkyl halides is 6. The first kappa shape index (κ1) is 17.6. The number of hydrogen-bond donors (Lipinski definition) is 1. The molecule has 1 fully saturated rings. The quantitative estimate of drug-likeness (QED) is 0.618. The Kier molecular flexibility index (Phi) is 6.12. The SMILES string of the molecule is CC1CCC(NCCOC(C(F)(F)F)C(F)(F)F)CC1. The number of hydrogen-bond acceptors (Lipinski definition) is 2. The molecule has 0 atom stereocenters. The van der Waals surface area contributed by atoms with Gasteiger partial charge < -0.3 is 10.1 Å². The van der Waals surface area contributed by atoms with Gasteiger partial charge >= 0.3 is 12.4 Å². The van der Waals surface area contributed by atoms with Crippen LogP contribution in [-0.4, -0.2) is 37.7 Å². The van der Waals surface area contributed by atoms with Crippen molar-refractivity contribution in [3.63, 3.8) is 0 Å². The average molecular weight is 307 g/mol. The fourth-order valence-corrected chi connectivity index (χ4v) is 2.28. The van der Waals surface area contributed by atoms with Gasteiger partial charge in [-0.15, -0.1) is 0 Å². The van der Waals surface area contributed by atoms with Crippen LogP contribution in [0.3, 0.4) is 0 Å². The highest BCUT2D eigenvalue weighted by Gasteiger charge is 2.57. The summed E-state index contributed by atoms with van der Waals surface area (Å²) in [6.45, 7) is 1.49. The summed E-state index contributed by atoms with van der Waals surface area (Å²) in [5.74, 6) is 0.629. The van der Waals surface area contributed by atoms with Crippen LogP contribution in [-0.2, 0) is 4.74 Å². The van der Waals surface area contributed by atoms with E-state index in [0.717, 1.165) is 25.7 Å². The summed E-state index contributed by atoms with van der Waals surface area (Å²) in [4.78, 5) is 0. The molecule has 0 unspecified atom stereocenters. The second-order valence-corrected chi connectivity index (χ2v) is 5.24. The van der Waals surface area contributed by atoms with Crippen LogP contribution in [0.1, 0.15) is 32.6 Å². The number of ether oxygens (including phenoxy) is 1. The van der Waals surface area contributed by atoms with E-state index in [1.807, 2.05) is 0 Å². The Morgan fingerprint density at radius 3 is 1.95 bits per heavy atom. The molecule has 2 nitrogen and oxygen atoms in total. The van der Waals surface area contributed by atoms with Gasteiger partial charge in [0.25, 0.3) is 0 Å². The summed E-state index contributed by atoms with van der Waals surface area (Å²) in [5, 5.41) is 2.94. The Labute approximate surface area is 113 Å². The Balaban J connectivity index is 2.28. The van der Waals surface area contributed by atoms with E-state index in [4.69, 9.17) is 0 Å². The molecule has 1 aliphatic rings. The molecule has 0 bridgehead atoms. The molecule has 120 valence electrons. The summed E-state index contributed by atoms with van der Waals surface area (Å²) >= 11 is 0. The van der Waals surface area contributed by atoms with Crippen molar-refractivity contribution in [3.8, 4) is 0 Å². The summed E-state index contributed by atoms with van der Waals surface area (Å²) in [6.07, 6.45) is -10.7. The topological polar surface area (TPSA) is 21.3 Å². The van der Waals surface area contributed by atoms with E-state index in [1.165, 1.54) is 0 Å². The van der Waals surface area contributed by atoms with Gasteiger partial charge in [0.15, 0.2) is 0 Å². The third kappa shape index (κ3) is 5.87. The summed E-state index contributed by atoms with van der Waals surface area (Å²) in [6, 6.07) is 0.157. The van der Waals surface area contributed by atoms with Gasteiger partial charge in [0, 0.05) is 12.6 Å². The first-order valence-corrected chi connectivity index (χ1v) is 6.59. The standard InChI is InChI=1S/C12H19F6NO/c1-8-2-4-9(5-3-8)19-6-7-20-10(11(13,14)15)12(16,17)18/h8-10,19H,2-7H2,1H3. The molecule has 20 heavy (non-hydrogen) atoms. The van der Waals surface area contributed by atoms with Gasteiger partial charge in [-0.25, -0.2) is 0 Å². The van der Waals surface area contributed by atoms with Crippen LogP contribution in [0.2, 0.25) is 0 Å². The Hall–Kier alpha value is -0.500. The van der Waals surface area contributed by atoms with Gasteiger partial charge in [-0.3, -0.25) is 0 Å². The molecule has 0 spiro atoms. The lowest BCUT2D eigenvalue weighted by molar-refractivity contribution is -0.321. The molecule has 1 N–H and O–H groups in total. The fourth-order valence-electron chi connectivity index (χ4n) is 2.28. The van der Waals surface area contributed by atoms with Crippen LogP contribution in [0.15, 0.2) is 0 Å². The van der Waals surface area contributed by atoms with Gasteiger partial charge in [-0.2, -0.15) is 26.3 Å². The van der Waals surface area contributed by atoms with E-state index in [0.29, 0.717) is 5.92 Å². The molecular weight excluding hydrogens is 288 g/mol. The Morgan fingerprint density at radius 1 is 1.00 bits per heavy atom. The minimum absolute atomic E-state index is 0.0122. The highest BCUT2D eigenvalue weighted by Crippen LogP contribution is 2.35. The second kappa shape index (κ2) is 6.98. The maximum atomic E-state index is 12.2. The number of rotatable bonds is 5. The molecule has 0 aromatic heterocycles. The largest absolute Gasteiger partial charge is 0.423 e. The van der Waals surface area contributed by atoms with E-state index in [1.54, 1.807) is 0 Å². The number of halogens is 6. The third-order valence-electron chi connectivity index (χ3n) is 3.43. The maximum Gasteiger partial charge on any atom is 0.423 e. The smallest absolute Gasteiger partial charge is 0.360 e. The van der Waals surface area contributed by atoms with Crippen LogP contribution in [0.25, 0.3) is 0 Å². The van der Waals surface area contributed by atoms with Crippen molar-refractivity contribution in [1.29, 1.82) is 0 Å². The van der Waals surface area contributed by atoms with E-state index >= 15 is 0 Å². The normalized spacial score (nSPS) is 25.2. The van der Waals surface area contributed by atoms with Crippen LogP contribution < -0.4 is 5.32 Å².